The molecule has 0 atom stereocenters. The van der Waals surface area contributed by atoms with Crippen molar-refractivity contribution in [1.29, 1.82) is 0 Å². The van der Waals surface area contributed by atoms with Crippen LogP contribution < -0.4 is 0 Å². The van der Waals surface area contributed by atoms with E-state index in [4.69, 9.17) is 5.11 Å². The molecule has 0 saturated heterocycles. The second-order valence-electron chi connectivity index (χ2n) is 5.77. The van der Waals surface area contributed by atoms with Crippen LogP contribution in [-0.2, 0) is 6.54 Å². The average molecular weight is 288 g/mol. The van der Waals surface area contributed by atoms with Gasteiger partial charge >= 0.3 is 0 Å². The highest BCUT2D eigenvalue weighted by molar-refractivity contribution is 5.81. The second kappa shape index (κ2) is 6.50. The minimum Gasteiger partial charge on any atom is -0.396 e. The van der Waals surface area contributed by atoms with Crippen LogP contribution in [-0.4, -0.2) is 34.2 Å². The van der Waals surface area contributed by atoms with Gasteiger partial charge in [0.1, 0.15) is 5.82 Å². The summed E-state index contributed by atoms with van der Waals surface area (Å²) in [6, 6.07) is 7.51. The van der Waals surface area contributed by atoms with Gasteiger partial charge in [0.2, 0.25) is 0 Å². The minimum absolute atomic E-state index is 0.198. The van der Waals surface area contributed by atoms with Crippen molar-refractivity contribution in [1.82, 2.24) is 9.88 Å². The summed E-state index contributed by atoms with van der Waals surface area (Å²) in [6.45, 7) is 1.93. The minimum atomic E-state index is -0.198. The summed E-state index contributed by atoms with van der Waals surface area (Å²) in [5.74, 6) is -0.198. The fourth-order valence-corrected chi connectivity index (χ4v) is 2.82. The lowest BCUT2D eigenvalue weighted by molar-refractivity contribution is 0.229. The number of fused-ring (bicyclic) bond motifs is 1. The summed E-state index contributed by atoms with van der Waals surface area (Å²) < 4.78 is 13.8. The number of nitrogens with zero attached hydrogens (tertiary/aromatic N) is 2. The van der Waals surface area contributed by atoms with Crippen molar-refractivity contribution in [3.05, 3.63) is 41.8 Å². The second-order valence-corrected chi connectivity index (χ2v) is 5.77. The molecule has 1 aromatic heterocycles. The van der Waals surface area contributed by atoms with E-state index in [1.54, 1.807) is 18.3 Å². The van der Waals surface area contributed by atoms with Gasteiger partial charge in [0.25, 0.3) is 0 Å². The molecule has 1 aliphatic carbocycles. The molecule has 1 heterocycles. The largest absolute Gasteiger partial charge is 0.396 e. The van der Waals surface area contributed by atoms with Crippen LogP contribution in [0.3, 0.4) is 0 Å². The van der Waals surface area contributed by atoms with Gasteiger partial charge in [-0.25, -0.2) is 4.39 Å². The van der Waals surface area contributed by atoms with Crippen LogP contribution in [0.25, 0.3) is 10.9 Å². The number of benzene rings is 1. The fourth-order valence-electron chi connectivity index (χ4n) is 2.82. The summed E-state index contributed by atoms with van der Waals surface area (Å²) >= 11 is 0. The molecular weight excluding hydrogens is 267 g/mol. The molecule has 1 aliphatic rings. The molecule has 0 unspecified atom stereocenters. The van der Waals surface area contributed by atoms with E-state index < -0.39 is 0 Å². The molecule has 0 bridgehead atoms. The lowest BCUT2D eigenvalue weighted by Gasteiger charge is -2.22. The first-order valence-corrected chi connectivity index (χ1v) is 7.66. The molecule has 0 radical (unpaired) electrons. The third-order valence-electron chi connectivity index (χ3n) is 4.04. The van der Waals surface area contributed by atoms with E-state index in [2.05, 4.69) is 9.88 Å². The number of hydrogen-bond acceptors (Lipinski definition) is 3. The van der Waals surface area contributed by atoms with Crippen molar-refractivity contribution in [3.8, 4) is 0 Å². The number of aromatic nitrogens is 1. The fraction of sp³-hybridized carbons (Fsp3) is 0.471. The topological polar surface area (TPSA) is 36.4 Å². The summed E-state index contributed by atoms with van der Waals surface area (Å²) in [7, 11) is 0. The molecule has 1 N–H and O–H groups in total. The zero-order chi connectivity index (χ0) is 14.7. The van der Waals surface area contributed by atoms with E-state index in [0.29, 0.717) is 6.04 Å². The highest BCUT2D eigenvalue weighted by Crippen LogP contribution is 2.30. The molecule has 21 heavy (non-hydrogen) atoms. The molecule has 1 fully saturated rings. The lowest BCUT2D eigenvalue weighted by Crippen LogP contribution is -2.27. The van der Waals surface area contributed by atoms with Crippen LogP contribution in [0.2, 0.25) is 0 Å². The molecular formula is C17H21FN2O. The van der Waals surface area contributed by atoms with Gasteiger partial charge in [-0.2, -0.15) is 0 Å². The average Bonchev–Trinajstić information content (AvgIpc) is 3.31. The van der Waals surface area contributed by atoms with Crippen molar-refractivity contribution >= 4 is 10.9 Å². The van der Waals surface area contributed by atoms with E-state index >= 15 is 0 Å². The van der Waals surface area contributed by atoms with Gasteiger partial charge in [-0.3, -0.25) is 9.88 Å². The molecule has 0 spiro atoms. The lowest BCUT2D eigenvalue weighted by atomic mass is 10.1. The maximum absolute atomic E-state index is 13.8. The number of rotatable bonds is 7. The zero-order valence-corrected chi connectivity index (χ0v) is 12.1. The van der Waals surface area contributed by atoms with Crippen LogP contribution in [0, 0.1) is 5.82 Å². The summed E-state index contributed by atoms with van der Waals surface area (Å²) in [5.41, 5.74) is 1.85. The molecule has 3 nitrogen and oxygen atoms in total. The van der Waals surface area contributed by atoms with E-state index in [1.165, 1.54) is 12.8 Å². The van der Waals surface area contributed by atoms with Crippen molar-refractivity contribution in [3.63, 3.8) is 0 Å². The first kappa shape index (κ1) is 14.4. The first-order valence-electron chi connectivity index (χ1n) is 7.66. The Kier molecular flexibility index (Phi) is 4.46. The Morgan fingerprint density at radius 1 is 1.29 bits per heavy atom. The van der Waals surface area contributed by atoms with Crippen LogP contribution >= 0.6 is 0 Å². The predicted molar refractivity (Wildman–Crippen MR) is 81.5 cm³/mol. The normalized spacial score (nSPS) is 15.0. The zero-order valence-electron chi connectivity index (χ0n) is 12.1. The smallest absolute Gasteiger partial charge is 0.124 e. The molecule has 3 rings (SSSR count). The van der Waals surface area contributed by atoms with Gasteiger partial charge in [-0.1, -0.05) is 6.07 Å². The SMILES string of the molecule is OCCCCN(Cc1cc(F)cc2cccnc12)C1CC1. The van der Waals surface area contributed by atoms with Gasteiger partial charge in [-0.05, 0) is 56.0 Å². The monoisotopic (exact) mass is 288 g/mol. The van der Waals surface area contributed by atoms with Gasteiger partial charge in [0.15, 0.2) is 0 Å². The number of aliphatic hydroxyl groups excluding tert-OH is 1. The maximum atomic E-state index is 13.8. The Balaban J connectivity index is 1.81. The molecule has 1 aromatic carbocycles. The van der Waals surface area contributed by atoms with Crippen LogP contribution in [0.5, 0.6) is 0 Å². The van der Waals surface area contributed by atoms with E-state index in [9.17, 15) is 4.39 Å². The quantitative estimate of drug-likeness (QED) is 0.795. The Hall–Kier alpha value is -1.52. The van der Waals surface area contributed by atoms with Crippen molar-refractivity contribution in [2.45, 2.75) is 38.3 Å². The Morgan fingerprint density at radius 2 is 2.14 bits per heavy atom. The number of pyridine rings is 1. The van der Waals surface area contributed by atoms with Crippen molar-refractivity contribution in [2.75, 3.05) is 13.2 Å². The van der Waals surface area contributed by atoms with E-state index in [0.717, 1.165) is 42.4 Å². The third kappa shape index (κ3) is 3.57. The summed E-state index contributed by atoms with van der Waals surface area (Å²) in [5, 5.41) is 9.78. The molecule has 0 aliphatic heterocycles. The van der Waals surface area contributed by atoms with Crippen molar-refractivity contribution < 1.29 is 9.50 Å². The van der Waals surface area contributed by atoms with Gasteiger partial charge in [0.05, 0.1) is 5.52 Å². The molecule has 4 heteroatoms. The van der Waals surface area contributed by atoms with E-state index in [1.807, 2.05) is 12.1 Å². The molecule has 0 amide bonds. The molecule has 1 saturated carbocycles. The Morgan fingerprint density at radius 3 is 2.90 bits per heavy atom. The highest BCUT2D eigenvalue weighted by Gasteiger charge is 2.28. The highest BCUT2D eigenvalue weighted by atomic mass is 19.1. The van der Waals surface area contributed by atoms with Crippen LogP contribution in [0.1, 0.15) is 31.2 Å². The third-order valence-corrected chi connectivity index (χ3v) is 4.04. The first-order chi connectivity index (χ1) is 10.3. The van der Waals surface area contributed by atoms with Gasteiger partial charge in [0, 0.05) is 30.8 Å². The Labute approximate surface area is 124 Å². The van der Waals surface area contributed by atoms with Gasteiger partial charge in [-0.15, -0.1) is 0 Å². The molecule has 112 valence electrons. The number of aliphatic hydroxyl groups is 1. The molecule has 2 aromatic rings. The standard InChI is InChI=1S/C17H21FN2O/c18-15-10-13-4-3-7-19-17(13)14(11-15)12-20(16-5-6-16)8-1-2-9-21/h3-4,7,10-11,16,21H,1-2,5-6,8-9,12H2. The predicted octanol–water partition coefficient (Wildman–Crippen LogP) is 3.11. The Bertz CT molecular complexity index is 613. The number of halogens is 1. The number of hydrogen-bond donors (Lipinski definition) is 1. The van der Waals surface area contributed by atoms with Gasteiger partial charge < -0.3 is 5.11 Å². The summed E-state index contributed by atoms with van der Waals surface area (Å²) in [6.07, 6.45) is 6.01. The van der Waals surface area contributed by atoms with E-state index in [-0.39, 0.29) is 12.4 Å². The van der Waals surface area contributed by atoms with Crippen LogP contribution in [0.15, 0.2) is 30.5 Å². The summed E-state index contributed by atoms with van der Waals surface area (Å²) in [4.78, 5) is 6.82. The maximum Gasteiger partial charge on any atom is 0.124 e. The number of unbranched alkanes of at least 4 members (excludes halogenated alkanes) is 1. The van der Waals surface area contributed by atoms with Crippen LogP contribution in [0.4, 0.5) is 4.39 Å². The van der Waals surface area contributed by atoms with Crippen molar-refractivity contribution in [2.24, 2.45) is 0 Å².